The van der Waals surface area contributed by atoms with Crippen molar-refractivity contribution in [2.75, 3.05) is 19.4 Å². The highest BCUT2D eigenvalue weighted by Crippen LogP contribution is 2.31. The lowest BCUT2D eigenvalue weighted by Crippen LogP contribution is -2.52. The quantitative estimate of drug-likeness (QED) is 0.610. The van der Waals surface area contributed by atoms with E-state index in [1.54, 1.807) is 26.2 Å². The van der Waals surface area contributed by atoms with Gasteiger partial charge < -0.3 is 15.5 Å². The molecule has 0 heterocycles. The molecule has 2 amide bonds. The lowest BCUT2D eigenvalue weighted by Gasteiger charge is -2.28. The summed E-state index contributed by atoms with van der Waals surface area (Å²) in [5, 5.41) is 5.54. The first-order valence-electron chi connectivity index (χ1n) is 5.27. The molecule has 1 rings (SSSR count). The van der Waals surface area contributed by atoms with Crippen molar-refractivity contribution in [1.82, 2.24) is 10.2 Å². The van der Waals surface area contributed by atoms with Crippen molar-refractivity contribution in [3.05, 3.63) is 28.7 Å². The Hall–Kier alpha value is -0.360. The fourth-order valence-electron chi connectivity index (χ4n) is 1.17. The van der Waals surface area contributed by atoms with Gasteiger partial charge in [0.05, 0.1) is 0 Å². The number of rotatable bonds is 3. The van der Waals surface area contributed by atoms with Crippen molar-refractivity contribution in [3.63, 3.8) is 0 Å². The van der Waals surface area contributed by atoms with E-state index in [2.05, 4.69) is 26.6 Å². The average molecular weight is 390 g/mol. The van der Waals surface area contributed by atoms with Gasteiger partial charge in [0, 0.05) is 24.3 Å². The molecule has 0 aromatic heterocycles. The SMILES string of the molecule is CN(C)C(=O)NC(Nc1ccc(Br)cc1)C(Cl)(Cl)Cl. The van der Waals surface area contributed by atoms with Gasteiger partial charge in [-0.15, -0.1) is 0 Å². The van der Waals surface area contributed by atoms with Crippen LogP contribution in [0.4, 0.5) is 10.5 Å². The predicted octanol–water partition coefficient (Wildman–Crippen LogP) is 3.83. The van der Waals surface area contributed by atoms with Gasteiger partial charge in [-0.05, 0) is 24.3 Å². The van der Waals surface area contributed by atoms with Crippen LogP contribution in [0.1, 0.15) is 0 Å². The summed E-state index contributed by atoms with van der Waals surface area (Å²) in [6.45, 7) is 0. The summed E-state index contributed by atoms with van der Waals surface area (Å²) in [7, 11) is 3.20. The Morgan fingerprint density at radius 1 is 1.26 bits per heavy atom. The topological polar surface area (TPSA) is 44.4 Å². The van der Waals surface area contributed by atoms with Gasteiger partial charge in [0.2, 0.25) is 3.79 Å². The minimum atomic E-state index is -1.68. The van der Waals surface area contributed by atoms with Crippen LogP contribution in [0.5, 0.6) is 0 Å². The van der Waals surface area contributed by atoms with Gasteiger partial charge in [0.25, 0.3) is 0 Å². The molecule has 4 nitrogen and oxygen atoms in total. The van der Waals surface area contributed by atoms with E-state index in [-0.39, 0.29) is 6.03 Å². The van der Waals surface area contributed by atoms with Crippen molar-refractivity contribution in [1.29, 1.82) is 0 Å². The monoisotopic (exact) mass is 387 g/mol. The standard InChI is InChI=1S/C11H13BrCl3N3O/c1-18(2)10(19)17-9(11(13,14)15)16-8-5-3-7(12)4-6-8/h3-6,9,16H,1-2H3,(H,17,19). The summed E-state index contributed by atoms with van der Waals surface area (Å²) in [5.41, 5.74) is 0.721. The van der Waals surface area contributed by atoms with Crippen LogP contribution in [0.25, 0.3) is 0 Å². The Balaban J connectivity index is 2.81. The van der Waals surface area contributed by atoms with Crippen molar-refractivity contribution in [3.8, 4) is 0 Å². The molecule has 1 aromatic carbocycles. The van der Waals surface area contributed by atoms with Gasteiger partial charge in [-0.2, -0.15) is 0 Å². The largest absolute Gasteiger partial charge is 0.362 e. The maximum Gasteiger partial charge on any atom is 0.318 e. The first-order chi connectivity index (χ1) is 8.70. The Morgan fingerprint density at radius 2 is 1.79 bits per heavy atom. The minimum Gasteiger partial charge on any atom is -0.362 e. The van der Waals surface area contributed by atoms with Crippen LogP contribution in [-0.4, -0.2) is 35.0 Å². The second-order valence-electron chi connectivity index (χ2n) is 3.97. The lowest BCUT2D eigenvalue weighted by molar-refractivity contribution is 0.214. The summed E-state index contributed by atoms with van der Waals surface area (Å²) >= 11 is 20.9. The van der Waals surface area contributed by atoms with Crippen LogP contribution < -0.4 is 10.6 Å². The highest BCUT2D eigenvalue weighted by Gasteiger charge is 2.34. The molecule has 2 N–H and O–H groups in total. The highest BCUT2D eigenvalue weighted by molar-refractivity contribution is 9.10. The number of hydrogen-bond donors (Lipinski definition) is 2. The van der Waals surface area contributed by atoms with Gasteiger partial charge in [-0.25, -0.2) is 4.79 Å². The zero-order valence-electron chi connectivity index (χ0n) is 10.3. The van der Waals surface area contributed by atoms with Gasteiger partial charge >= 0.3 is 6.03 Å². The number of carbonyl (C=O) groups is 1. The smallest absolute Gasteiger partial charge is 0.318 e. The molecule has 0 saturated carbocycles. The lowest BCUT2D eigenvalue weighted by atomic mass is 10.3. The molecular weight excluding hydrogens is 376 g/mol. The Kier molecular flexibility index (Phi) is 6.05. The normalized spacial score (nSPS) is 12.7. The summed E-state index contributed by atoms with van der Waals surface area (Å²) in [6.07, 6.45) is -0.853. The zero-order valence-corrected chi connectivity index (χ0v) is 14.1. The number of alkyl halides is 3. The van der Waals surface area contributed by atoms with E-state index in [0.717, 1.165) is 10.2 Å². The van der Waals surface area contributed by atoms with Gasteiger partial charge in [0.15, 0.2) is 0 Å². The molecule has 1 atom stereocenters. The number of carbonyl (C=O) groups excluding carboxylic acids is 1. The third kappa shape index (κ3) is 5.65. The Bertz CT molecular complexity index is 434. The van der Waals surface area contributed by atoms with Crippen molar-refractivity contribution >= 4 is 62.5 Å². The fraction of sp³-hybridized carbons (Fsp3) is 0.364. The molecular formula is C11H13BrCl3N3O. The number of halogens is 4. The second-order valence-corrected chi connectivity index (χ2v) is 7.25. The second kappa shape index (κ2) is 6.88. The number of benzene rings is 1. The van der Waals surface area contributed by atoms with Crippen molar-refractivity contribution < 1.29 is 4.79 Å². The molecule has 19 heavy (non-hydrogen) atoms. The van der Waals surface area contributed by atoms with E-state index in [1.165, 1.54) is 4.90 Å². The molecule has 0 aliphatic rings. The van der Waals surface area contributed by atoms with Crippen LogP contribution in [0.15, 0.2) is 28.7 Å². The molecule has 106 valence electrons. The Labute approximate surface area is 135 Å². The number of nitrogens with zero attached hydrogens (tertiary/aromatic N) is 1. The molecule has 0 bridgehead atoms. The molecule has 1 unspecified atom stereocenters. The fourth-order valence-corrected chi connectivity index (χ4v) is 1.76. The molecule has 0 radical (unpaired) electrons. The summed E-state index contributed by atoms with van der Waals surface area (Å²) in [5.74, 6) is 0. The average Bonchev–Trinajstić information content (AvgIpc) is 2.29. The predicted molar refractivity (Wildman–Crippen MR) is 84.1 cm³/mol. The van der Waals surface area contributed by atoms with E-state index in [9.17, 15) is 4.79 Å². The van der Waals surface area contributed by atoms with Crippen LogP contribution in [0.2, 0.25) is 0 Å². The number of hydrogen-bond acceptors (Lipinski definition) is 2. The van der Waals surface area contributed by atoms with E-state index in [1.807, 2.05) is 12.1 Å². The number of nitrogens with one attached hydrogen (secondary N) is 2. The van der Waals surface area contributed by atoms with Crippen molar-refractivity contribution in [2.45, 2.75) is 9.96 Å². The molecule has 0 spiro atoms. The third-order valence-corrected chi connectivity index (χ3v) is 3.34. The van der Waals surface area contributed by atoms with E-state index in [0.29, 0.717) is 0 Å². The molecule has 8 heteroatoms. The maximum atomic E-state index is 11.6. The van der Waals surface area contributed by atoms with Crippen molar-refractivity contribution in [2.24, 2.45) is 0 Å². The van der Waals surface area contributed by atoms with Gasteiger partial charge in [-0.1, -0.05) is 50.7 Å². The molecule has 1 aromatic rings. The Morgan fingerprint density at radius 3 is 2.21 bits per heavy atom. The van der Waals surface area contributed by atoms with E-state index >= 15 is 0 Å². The first kappa shape index (κ1) is 16.7. The zero-order chi connectivity index (χ0) is 14.6. The maximum absolute atomic E-state index is 11.6. The number of anilines is 1. The van der Waals surface area contributed by atoms with E-state index < -0.39 is 9.96 Å². The van der Waals surface area contributed by atoms with E-state index in [4.69, 9.17) is 34.8 Å². The van der Waals surface area contributed by atoms with Gasteiger partial charge in [-0.3, -0.25) is 0 Å². The summed E-state index contributed by atoms with van der Waals surface area (Å²) < 4.78 is -0.750. The number of amides is 2. The van der Waals surface area contributed by atoms with Crippen LogP contribution >= 0.6 is 50.7 Å². The highest BCUT2D eigenvalue weighted by atomic mass is 79.9. The molecule has 0 saturated heterocycles. The number of urea groups is 1. The minimum absolute atomic E-state index is 0.360. The molecule has 0 aliphatic heterocycles. The van der Waals surface area contributed by atoms with Gasteiger partial charge in [0.1, 0.15) is 6.17 Å². The summed E-state index contributed by atoms with van der Waals surface area (Å²) in [6, 6.07) is 6.92. The molecule has 0 fully saturated rings. The third-order valence-electron chi connectivity index (χ3n) is 2.16. The first-order valence-corrected chi connectivity index (χ1v) is 7.19. The van der Waals surface area contributed by atoms with Crippen LogP contribution in [0.3, 0.4) is 0 Å². The van der Waals surface area contributed by atoms with Crippen LogP contribution in [0, 0.1) is 0 Å². The summed E-state index contributed by atoms with van der Waals surface area (Å²) in [4.78, 5) is 13.0. The van der Waals surface area contributed by atoms with Crippen LogP contribution in [-0.2, 0) is 0 Å². The molecule has 0 aliphatic carbocycles.